The van der Waals surface area contributed by atoms with E-state index in [1.165, 1.54) is 0 Å². The summed E-state index contributed by atoms with van der Waals surface area (Å²) in [5.41, 5.74) is 3.78. The highest BCUT2D eigenvalue weighted by atomic mass is 35.5. The van der Waals surface area contributed by atoms with E-state index in [9.17, 15) is 0 Å². The summed E-state index contributed by atoms with van der Waals surface area (Å²) in [6.07, 6.45) is 0. The van der Waals surface area contributed by atoms with Crippen molar-refractivity contribution in [3.05, 3.63) is 70.4 Å². The molecule has 0 spiro atoms. The predicted molar refractivity (Wildman–Crippen MR) is 107 cm³/mol. The zero-order valence-corrected chi connectivity index (χ0v) is 15.8. The predicted octanol–water partition coefficient (Wildman–Crippen LogP) is 5.11. The Morgan fingerprint density at radius 3 is 2.65 bits per heavy atom. The van der Waals surface area contributed by atoms with Gasteiger partial charge in [-0.3, -0.25) is 0 Å². The molecule has 0 amide bonds. The standard InChI is InChI=1S/C20H21ClN4O/c1-13-11-19(22-12-15-7-4-5-10-18(15)26-3)25-20(23-13)24-17-9-6-8-16(21)14(17)2/h4-11H,12H2,1-3H3,(H2,22,23,24,25). The molecule has 0 unspecified atom stereocenters. The van der Waals surface area contributed by atoms with Gasteiger partial charge >= 0.3 is 0 Å². The lowest BCUT2D eigenvalue weighted by Crippen LogP contribution is -2.07. The summed E-state index contributed by atoms with van der Waals surface area (Å²) in [5, 5.41) is 7.28. The van der Waals surface area contributed by atoms with Crippen LogP contribution in [-0.2, 0) is 6.54 Å². The van der Waals surface area contributed by atoms with Crippen molar-refractivity contribution >= 4 is 29.1 Å². The lowest BCUT2D eigenvalue weighted by atomic mass is 10.2. The van der Waals surface area contributed by atoms with Crippen LogP contribution in [0.3, 0.4) is 0 Å². The second-order valence-electron chi connectivity index (χ2n) is 5.92. The Bertz CT molecular complexity index is 914. The number of rotatable bonds is 6. The topological polar surface area (TPSA) is 59.1 Å². The molecule has 3 rings (SSSR count). The van der Waals surface area contributed by atoms with Gasteiger partial charge in [0.15, 0.2) is 0 Å². The number of ether oxygens (including phenoxy) is 1. The lowest BCUT2D eigenvalue weighted by molar-refractivity contribution is 0.410. The summed E-state index contributed by atoms with van der Waals surface area (Å²) >= 11 is 6.18. The van der Waals surface area contributed by atoms with Crippen molar-refractivity contribution in [1.29, 1.82) is 0 Å². The maximum Gasteiger partial charge on any atom is 0.229 e. The summed E-state index contributed by atoms with van der Waals surface area (Å²) in [7, 11) is 1.67. The minimum atomic E-state index is 0.526. The minimum Gasteiger partial charge on any atom is -0.496 e. The number of halogens is 1. The highest BCUT2D eigenvalue weighted by Gasteiger charge is 2.07. The van der Waals surface area contributed by atoms with E-state index >= 15 is 0 Å². The molecule has 2 aromatic carbocycles. The molecule has 0 radical (unpaired) electrons. The highest BCUT2D eigenvalue weighted by molar-refractivity contribution is 6.31. The molecule has 0 aliphatic rings. The zero-order chi connectivity index (χ0) is 18.5. The maximum atomic E-state index is 6.18. The number of benzene rings is 2. The van der Waals surface area contributed by atoms with Crippen LogP contribution in [0.2, 0.25) is 5.02 Å². The summed E-state index contributed by atoms with van der Waals surface area (Å²) in [6.45, 7) is 4.50. The molecule has 3 aromatic rings. The van der Waals surface area contributed by atoms with Crippen molar-refractivity contribution in [3.8, 4) is 5.75 Å². The molecule has 0 aliphatic heterocycles. The number of anilines is 3. The Morgan fingerprint density at radius 1 is 1.04 bits per heavy atom. The molecule has 134 valence electrons. The molecular weight excluding hydrogens is 348 g/mol. The van der Waals surface area contributed by atoms with Crippen LogP contribution in [0, 0.1) is 13.8 Å². The van der Waals surface area contributed by atoms with E-state index in [0.717, 1.165) is 34.1 Å². The summed E-state index contributed by atoms with van der Waals surface area (Å²) in [5.74, 6) is 2.11. The van der Waals surface area contributed by atoms with Crippen LogP contribution in [0.25, 0.3) is 0 Å². The summed E-state index contributed by atoms with van der Waals surface area (Å²) in [6, 6.07) is 15.5. The van der Waals surface area contributed by atoms with Crippen molar-refractivity contribution in [1.82, 2.24) is 9.97 Å². The van der Waals surface area contributed by atoms with E-state index in [0.29, 0.717) is 17.5 Å². The molecule has 1 heterocycles. The Balaban J connectivity index is 1.78. The minimum absolute atomic E-state index is 0.526. The van der Waals surface area contributed by atoms with Gasteiger partial charge in [0.1, 0.15) is 11.6 Å². The molecule has 0 saturated heterocycles. The number of nitrogens with one attached hydrogen (secondary N) is 2. The number of hydrogen-bond acceptors (Lipinski definition) is 5. The van der Waals surface area contributed by atoms with Crippen LogP contribution in [0.4, 0.5) is 17.5 Å². The fraction of sp³-hybridized carbons (Fsp3) is 0.200. The van der Waals surface area contributed by atoms with Crippen molar-refractivity contribution in [3.63, 3.8) is 0 Å². The third-order valence-corrected chi connectivity index (χ3v) is 4.43. The van der Waals surface area contributed by atoms with Gasteiger partial charge in [0, 0.05) is 34.6 Å². The van der Waals surface area contributed by atoms with E-state index in [2.05, 4.69) is 20.6 Å². The molecule has 0 atom stereocenters. The quantitative estimate of drug-likeness (QED) is 0.633. The normalized spacial score (nSPS) is 10.5. The largest absolute Gasteiger partial charge is 0.496 e. The molecule has 0 bridgehead atoms. The molecule has 2 N–H and O–H groups in total. The number of para-hydroxylation sites is 1. The van der Waals surface area contributed by atoms with Crippen LogP contribution in [0.1, 0.15) is 16.8 Å². The second kappa shape index (κ2) is 8.06. The van der Waals surface area contributed by atoms with Gasteiger partial charge in [-0.25, -0.2) is 4.98 Å². The van der Waals surface area contributed by atoms with Crippen molar-refractivity contribution in [2.45, 2.75) is 20.4 Å². The first-order chi connectivity index (χ1) is 12.6. The number of nitrogens with zero attached hydrogens (tertiary/aromatic N) is 2. The first-order valence-electron chi connectivity index (χ1n) is 8.30. The smallest absolute Gasteiger partial charge is 0.229 e. The molecule has 5 nitrogen and oxygen atoms in total. The number of aromatic nitrogens is 2. The Kier molecular flexibility index (Phi) is 5.58. The molecule has 26 heavy (non-hydrogen) atoms. The van der Waals surface area contributed by atoms with Crippen LogP contribution in [-0.4, -0.2) is 17.1 Å². The average molecular weight is 369 g/mol. The van der Waals surface area contributed by atoms with E-state index in [1.54, 1.807) is 7.11 Å². The van der Waals surface area contributed by atoms with Gasteiger partial charge in [-0.15, -0.1) is 0 Å². The molecule has 0 aliphatic carbocycles. The van der Waals surface area contributed by atoms with Gasteiger partial charge in [0.25, 0.3) is 0 Å². The van der Waals surface area contributed by atoms with Crippen LogP contribution < -0.4 is 15.4 Å². The van der Waals surface area contributed by atoms with Crippen LogP contribution in [0.15, 0.2) is 48.5 Å². The first-order valence-corrected chi connectivity index (χ1v) is 8.68. The van der Waals surface area contributed by atoms with E-state index in [1.807, 2.05) is 62.4 Å². The molecule has 1 aromatic heterocycles. The van der Waals surface area contributed by atoms with Gasteiger partial charge in [-0.05, 0) is 37.6 Å². The molecule has 0 saturated carbocycles. The van der Waals surface area contributed by atoms with E-state index < -0.39 is 0 Å². The molecule has 6 heteroatoms. The third-order valence-electron chi connectivity index (χ3n) is 4.02. The van der Waals surface area contributed by atoms with Crippen molar-refractivity contribution in [2.24, 2.45) is 0 Å². The van der Waals surface area contributed by atoms with E-state index in [4.69, 9.17) is 16.3 Å². The maximum absolute atomic E-state index is 6.18. The Hall–Kier alpha value is -2.79. The molecular formula is C20H21ClN4O. The fourth-order valence-electron chi connectivity index (χ4n) is 2.61. The number of methoxy groups -OCH3 is 1. The van der Waals surface area contributed by atoms with E-state index in [-0.39, 0.29) is 0 Å². The monoisotopic (exact) mass is 368 g/mol. The fourth-order valence-corrected chi connectivity index (χ4v) is 2.79. The number of hydrogen-bond donors (Lipinski definition) is 2. The SMILES string of the molecule is COc1ccccc1CNc1cc(C)nc(Nc2cccc(Cl)c2C)n1. The molecule has 0 fully saturated rings. The highest BCUT2D eigenvalue weighted by Crippen LogP contribution is 2.25. The first kappa shape index (κ1) is 18.0. The Morgan fingerprint density at radius 2 is 1.85 bits per heavy atom. The van der Waals surface area contributed by atoms with Crippen LogP contribution in [0.5, 0.6) is 5.75 Å². The summed E-state index contributed by atoms with van der Waals surface area (Å²) < 4.78 is 5.39. The third kappa shape index (κ3) is 4.24. The van der Waals surface area contributed by atoms with Crippen molar-refractivity contribution < 1.29 is 4.74 Å². The van der Waals surface area contributed by atoms with Gasteiger partial charge in [-0.1, -0.05) is 35.9 Å². The summed E-state index contributed by atoms with van der Waals surface area (Å²) in [4.78, 5) is 9.01. The van der Waals surface area contributed by atoms with Gasteiger partial charge < -0.3 is 15.4 Å². The number of aryl methyl sites for hydroxylation is 1. The van der Waals surface area contributed by atoms with Crippen LogP contribution >= 0.6 is 11.6 Å². The van der Waals surface area contributed by atoms with Gasteiger partial charge in [-0.2, -0.15) is 4.98 Å². The van der Waals surface area contributed by atoms with Gasteiger partial charge in [0.05, 0.1) is 7.11 Å². The average Bonchev–Trinajstić information content (AvgIpc) is 2.63. The second-order valence-corrected chi connectivity index (χ2v) is 6.33. The zero-order valence-electron chi connectivity index (χ0n) is 15.0. The lowest BCUT2D eigenvalue weighted by Gasteiger charge is -2.13. The van der Waals surface area contributed by atoms with Crippen molar-refractivity contribution in [2.75, 3.05) is 17.7 Å². The Labute approximate surface area is 158 Å². The van der Waals surface area contributed by atoms with Gasteiger partial charge in [0.2, 0.25) is 5.95 Å².